The number of aromatic amines is 1. The van der Waals surface area contributed by atoms with Gasteiger partial charge in [0.25, 0.3) is 0 Å². The minimum absolute atomic E-state index is 0.453. The SMILES string of the molecule is FC(F)(F)c1ccc(C(c2ccc(Cl)cc2)(c2c[nH]nn2)n2cnnc2)cc1. The minimum Gasteiger partial charge on any atom is -0.300 e. The summed E-state index contributed by atoms with van der Waals surface area (Å²) in [6, 6.07) is 11.8. The number of nitrogens with zero attached hydrogens (tertiary/aromatic N) is 5. The van der Waals surface area contributed by atoms with Gasteiger partial charge in [-0.1, -0.05) is 41.1 Å². The smallest absolute Gasteiger partial charge is 0.300 e. The van der Waals surface area contributed by atoms with E-state index in [0.717, 1.165) is 12.1 Å². The summed E-state index contributed by atoms with van der Waals surface area (Å²) < 4.78 is 40.9. The van der Waals surface area contributed by atoms with Crippen molar-refractivity contribution in [2.24, 2.45) is 0 Å². The summed E-state index contributed by atoms with van der Waals surface area (Å²) in [5.41, 5.74) is -0.216. The molecule has 28 heavy (non-hydrogen) atoms. The van der Waals surface area contributed by atoms with Gasteiger partial charge in [-0.25, -0.2) is 0 Å². The second-order valence-corrected chi connectivity index (χ2v) is 6.46. The molecule has 0 saturated carbocycles. The Hall–Kier alpha value is -3.20. The number of hydrogen-bond donors (Lipinski definition) is 1. The van der Waals surface area contributed by atoms with Crippen LogP contribution in [-0.4, -0.2) is 30.2 Å². The van der Waals surface area contributed by atoms with Gasteiger partial charge in [-0.2, -0.15) is 13.2 Å². The molecule has 142 valence electrons. The number of halogens is 4. The molecule has 0 spiro atoms. The molecular weight excluding hydrogens is 393 g/mol. The maximum Gasteiger partial charge on any atom is 0.416 e. The zero-order valence-electron chi connectivity index (χ0n) is 14.1. The first kappa shape index (κ1) is 18.2. The molecule has 1 N–H and O–H groups in total. The van der Waals surface area contributed by atoms with Crippen molar-refractivity contribution >= 4 is 11.6 Å². The van der Waals surface area contributed by atoms with Gasteiger partial charge in [0.05, 0.1) is 5.56 Å². The van der Waals surface area contributed by atoms with E-state index in [4.69, 9.17) is 11.6 Å². The van der Waals surface area contributed by atoms with Crippen LogP contribution in [0.5, 0.6) is 0 Å². The fourth-order valence-electron chi connectivity index (χ4n) is 3.24. The van der Waals surface area contributed by atoms with Gasteiger partial charge in [0, 0.05) is 11.2 Å². The number of aromatic nitrogens is 6. The molecule has 2 heterocycles. The highest BCUT2D eigenvalue weighted by molar-refractivity contribution is 6.30. The van der Waals surface area contributed by atoms with Crippen molar-refractivity contribution in [1.29, 1.82) is 0 Å². The molecule has 0 aliphatic carbocycles. The van der Waals surface area contributed by atoms with Gasteiger partial charge < -0.3 is 0 Å². The lowest BCUT2D eigenvalue weighted by Crippen LogP contribution is -2.37. The van der Waals surface area contributed by atoms with Crippen LogP contribution in [0.4, 0.5) is 13.2 Å². The number of H-pyrrole nitrogens is 1. The van der Waals surface area contributed by atoms with Crippen LogP contribution < -0.4 is 0 Å². The lowest BCUT2D eigenvalue weighted by atomic mass is 9.79. The number of nitrogens with one attached hydrogen (secondary N) is 1. The standard InChI is InChI=1S/C18H12ClF3N6/c19-15-7-5-13(6-8-15)17(16-9-23-27-26-16,28-10-24-25-11-28)12-1-3-14(4-2-12)18(20,21)22/h1-11H,(H,23,26,27). The normalized spacial score (nSPS) is 14.0. The third kappa shape index (κ3) is 2.93. The maximum absolute atomic E-state index is 13.1. The van der Waals surface area contributed by atoms with Crippen molar-refractivity contribution in [2.75, 3.05) is 0 Å². The van der Waals surface area contributed by atoms with E-state index in [9.17, 15) is 13.2 Å². The zero-order chi connectivity index (χ0) is 19.8. The highest BCUT2D eigenvalue weighted by Crippen LogP contribution is 2.40. The van der Waals surface area contributed by atoms with Crippen LogP contribution in [-0.2, 0) is 11.7 Å². The summed E-state index contributed by atoms with van der Waals surface area (Å²) in [6.07, 6.45) is 0.0834. The Labute approximate surface area is 162 Å². The van der Waals surface area contributed by atoms with E-state index in [1.807, 2.05) is 0 Å². The highest BCUT2D eigenvalue weighted by atomic mass is 35.5. The van der Waals surface area contributed by atoms with Crippen molar-refractivity contribution < 1.29 is 13.2 Å². The molecular formula is C18H12ClF3N6. The van der Waals surface area contributed by atoms with Crippen LogP contribution in [0.15, 0.2) is 67.4 Å². The Morgan fingerprint density at radius 2 is 1.36 bits per heavy atom. The van der Waals surface area contributed by atoms with Crippen molar-refractivity contribution in [3.8, 4) is 0 Å². The number of benzene rings is 2. The van der Waals surface area contributed by atoms with Crippen molar-refractivity contribution in [2.45, 2.75) is 11.7 Å². The molecule has 6 nitrogen and oxygen atoms in total. The van der Waals surface area contributed by atoms with E-state index >= 15 is 0 Å². The van der Waals surface area contributed by atoms with Crippen molar-refractivity contribution in [3.05, 3.63) is 94.8 Å². The molecule has 4 aromatic rings. The van der Waals surface area contributed by atoms with Gasteiger partial charge in [-0.05, 0) is 35.4 Å². The van der Waals surface area contributed by atoms with Crippen LogP contribution >= 0.6 is 11.6 Å². The average Bonchev–Trinajstić information content (AvgIpc) is 3.38. The molecule has 0 aliphatic heterocycles. The van der Waals surface area contributed by atoms with E-state index in [1.165, 1.54) is 24.8 Å². The molecule has 1 unspecified atom stereocenters. The summed E-state index contributed by atoms with van der Waals surface area (Å²) in [7, 11) is 0. The topological polar surface area (TPSA) is 72.3 Å². The molecule has 2 aromatic carbocycles. The molecule has 0 bridgehead atoms. The first-order valence-electron chi connectivity index (χ1n) is 8.08. The van der Waals surface area contributed by atoms with Gasteiger partial charge in [-0.3, -0.25) is 9.67 Å². The number of alkyl halides is 3. The summed E-state index contributed by atoms with van der Waals surface area (Å²) in [6.45, 7) is 0. The molecule has 2 aromatic heterocycles. The first-order valence-corrected chi connectivity index (χ1v) is 8.46. The molecule has 0 radical (unpaired) electrons. The minimum atomic E-state index is -4.44. The molecule has 0 fully saturated rings. The Morgan fingerprint density at radius 1 is 0.821 bits per heavy atom. The summed E-state index contributed by atoms with van der Waals surface area (Å²) in [4.78, 5) is 0. The molecule has 0 aliphatic rings. The number of hydrogen-bond acceptors (Lipinski definition) is 4. The van der Waals surface area contributed by atoms with Crippen LogP contribution in [0.25, 0.3) is 0 Å². The third-order valence-corrected chi connectivity index (χ3v) is 4.74. The van der Waals surface area contributed by atoms with E-state index < -0.39 is 17.3 Å². The fraction of sp³-hybridized carbons (Fsp3) is 0.111. The predicted molar refractivity (Wildman–Crippen MR) is 94.6 cm³/mol. The maximum atomic E-state index is 13.1. The molecule has 0 amide bonds. The Morgan fingerprint density at radius 3 is 1.86 bits per heavy atom. The van der Waals surface area contributed by atoms with Crippen LogP contribution in [0.1, 0.15) is 22.4 Å². The monoisotopic (exact) mass is 404 g/mol. The van der Waals surface area contributed by atoms with Crippen LogP contribution in [0, 0.1) is 0 Å². The van der Waals surface area contributed by atoms with Gasteiger partial charge in [0.1, 0.15) is 23.9 Å². The Balaban J connectivity index is 2.02. The van der Waals surface area contributed by atoms with Gasteiger partial charge in [-0.15, -0.1) is 15.3 Å². The van der Waals surface area contributed by atoms with Crippen LogP contribution in [0.2, 0.25) is 5.02 Å². The second-order valence-electron chi connectivity index (χ2n) is 6.02. The van der Waals surface area contributed by atoms with E-state index in [1.54, 1.807) is 35.0 Å². The van der Waals surface area contributed by atoms with Gasteiger partial charge in [0.15, 0.2) is 0 Å². The van der Waals surface area contributed by atoms with Gasteiger partial charge >= 0.3 is 6.18 Å². The average molecular weight is 405 g/mol. The van der Waals surface area contributed by atoms with E-state index in [-0.39, 0.29) is 0 Å². The number of rotatable bonds is 4. The Kier molecular flexibility index (Phi) is 4.38. The van der Waals surface area contributed by atoms with Crippen LogP contribution in [0.3, 0.4) is 0 Å². The molecule has 10 heteroatoms. The largest absolute Gasteiger partial charge is 0.416 e. The second kappa shape index (κ2) is 6.75. The van der Waals surface area contributed by atoms with Crippen molar-refractivity contribution in [3.63, 3.8) is 0 Å². The summed E-state index contributed by atoms with van der Waals surface area (Å²) in [5.74, 6) is 0. The van der Waals surface area contributed by atoms with E-state index in [0.29, 0.717) is 21.8 Å². The predicted octanol–water partition coefficient (Wildman–Crippen LogP) is 3.91. The van der Waals surface area contributed by atoms with Crippen molar-refractivity contribution in [1.82, 2.24) is 30.2 Å². The summed E-state index contributed by atoms with van der Waals surface area (Å²) >= 11 is 6.04. The lowest BCUT2D eigenvalue weighted by molar-refractivity contribution is -0.137. The Bertz CT molecular complexity index is 1010. The first-order chi connectivity index (χ1) is 13.4. The third-order valence-electron chi connectivity index (χ3n) is 4.49. The zero-order valence-corrected chi connectivity index (χ0v) is 14.9. The molecule has 4 rings (SSSR count). The quantitative estimate of drug-likeness (QED) is 0.559. The van der Waals surface area contributed by atoms with Gasteiger partial charge in [0.2, 0.25) is 0 Å². The summed E-state index contributed by atoms with van der Waals surface area (Å²) in [5, 5.41) is 18.9. The highest BCUT2D eigenvalue weighted by Gasteiger charge is 2.41. The molecule has 0 saturated heterocycles. The fourth-order valence-corrected chi connectivity index (χ4v) is 3.36. The molecule has 1 atom stereocenters. The van der Waals surface area contributed by atoms with E-state index in [2.05, 4.69) is 25.6 Å². The lowest BCUT2D eigenvalue weighted by Gasteiger charge is -2.34.